The Morgan fingerprint density at radius 3 is 2.35 bits per heavy atom. The van der Waals surface area contributed by atoms with Gasteiger partial charge in [0.1, 0.15) is 0 Å². The molecule has 7 heteroatoms. The van der Waals surface area contributed by atoms with Gasteiger partial charge in [-0.1, -0.05) is 24.3 Å². The Labute approximate surface area is 155 Å². The van der Waals surface area contributed by atoms with Crippen LogP contribution < -0.4 is 9.62 Å². The molecule has 0 fully saturated rings. The minimum atomic E-state index is -3.67. The first kappa shape index (κ1) is 19.9. The van der Waals surface area contributed by atoms with Crippen molar-refractivity contribution in [2.45, 2.75) is 11.3 Å². The van der Waals surface area contributed by atoms with E-state index < -0.39 is 10.0 Å². The van der Waals surface area contributed by atoms with Crippen LogP contribution in [-0.2, 0) is 10.0 Å². The van der Waals surface area contributed by atoms with Gasteiger partial charge in [-0.25, -0.2) is 8.42 Å². The van der Waals surface area contributed by atoms with Crippen LogP contribution in [0.1, 0.15) is 16.8 Å². The van der Waals surface area contributed by atoms with E-state index in [4.69, 9.17) is 0 Å². The number of sulfonamides is 1. The second kappa shape index (κ2) is 8.82. The summed E-state index contributed by atoms with van der Waals surface area (Å²) in [6.45, 7) is 1.46. The maximum Gasteiger partial charge on any atom is 0.264 e. The largest absolute Gasteiger partial charge is 0.352 e. The van der Waals surface area contributed by atoms with Crippen LogP contribution in [0.5, 0.6) is 0 Å². The van der Waals surface area contributed by atoms with Gasteiger partial charge < -0.3 is 10.2 Å². The van der Waals surface area contributed by atoms with Crippen LogP contribution in [0.3, 0.4) is 0 Å². The molecule has 0 heterocycles. The van der Waals surface area contributed by atoms with E-state index in [0.29, 0.717) is 17.8 Å². The summed E-state index contributed by atoms with van der Waals surface area (Å²) in [4.78, 5) is 14.6. The van der Waals surface area contributed by atoms with Crippen molar-refractivity contribution in [1.82, 2.24) is 10.2 Å². The summed E-state index contributed by atoms with van der Waals surface area (Å²) in [5, 5.41) is 2.86. The molecule has 0 spiro atoms. The molecule has 0 aliphatic rings. The summed E-state index contributed by atoms with van der Waals surface area (Å²) in [5.41, 5.74) is 0.872. The Hall–Kier alpha value is -2.38. The lowest BCUT2D eigenvalue weighted by Crippen LogP contribution is -2.28. The molecule has 6 nitrogen and oxygen atoms in total. The van der Waals surface area contributed by atoms with Crippen molar-refractivity contribution in [3.63, 3.8) is 0 Å². The van der Waals surface area contributed by atoms with Gasteiger partial charge in [-0.15, -0.1) is 0 Å². The number of hydrogen-bond donors (Lipinski definition) is 1. The molecule has 2 aromatic rings. The highest BCUT2D eigenvalue weighted by molar-refractivity contribution is 7.92. The first-order valence-corrected chi connectivity index (χ1v) is 9.83. The minimum Gasteiger partial charge on any atom is -0.352 e. The zero-order valence-electron chi connectivity index (χ0n) is 15.3. The third-order valence-electron chi connectivity index (χ3n) is 3.94. The number of rotatable bonds is 8. The van der Waals surface area contributed by atoms with E-state index in [9.17, 15) is 13.2 Å². The van der Waals surface area contributed by atoms with Crippen LogP contribution in [0.4, 0.5) is 5.69 Å². The molecule has 0 atom stereocenters. The monoisotopic (exact) mass is 375 g/mol. The Kier molecular flexibility index (Phi) is 6.76. The quantitative estimate of drug-likeness (QED) is 0.718. The third-order valence-corrected chi connectivity index (χ3v) is 5.74. The van der Waals surface area contributed by atoms with Crippen molar-refractivity contribution in [3.8, 4) is 0 Å². The average Bonchev–Trinajstić information content (AvgIpc) is 2.65. The zero-order chi connectivity index (χ0) is 19.2. The molecule has 0 aromatic heterocycles. The normalized spacial score (nSPS) is 11.4. The van der Waals surface area contributed by atoms with Gasteiger partial charge in [-0.3, -0.25) is 9.10 Å². The molecule has 2 aromatic carbocycles. The summed E-state index contributed by atoms with van der Waals surface area (Å²) >= 11 is 0. The fraction of sp³-hybridized carbons (Fsp3) is 0.316. The van der Waals surface area contributed by atoms with Gasteiger partial charge in [-0.2, -0.15) is 0 Å². The predicted molar refractivity (Wildman–Crippen MR) is 104 cm³/mol. The van der Waals surface area contributed by atoms with Crippen LogP contribution in [0.25, 0.3) is 0 Å². The van der Waals surface area contributed by atoms with Crippen molar-refractivity contribution in [1.29, 1.82) is 0 Å². The van der Waals surface area contributed by atoms with E-state index in [0.717, 1.165) is 13.0 Å². The van der Waals surface area contributed by atoms with Gasteiger partial charge in [0.05, 0.1) is 10.6 Å². The van der Waals surface area contributed by atoms with Crippen LogP contribution >= 0.6 is 0 Å². The molecule has 1 amide bonds. The molecule has 0 bridgehead atoms. The highest BCUT2D eigenvalue weighted by Gasteiger charge is 2.21. The van der Waals surface area contributed by atoms with E-state index in [1.165, 1.54) is 11.4 Å². The molecule has 0 saturated heterocycles. The SMILES string of the molecule is CN(C)CCCNC(=O)c1cccc(N(C)S(=O)(=O)c2ccccc2)c1. The summed E-state index contributed by atoms with van der Waals surface area (Å²) in [6.07, 6.45) is 0.848. The molecule has 0 aliphatic heterocycles. The van der Waals surface area contributed by atoms with Crippen LogP contribution in [-0.4, -0.2) is 53.5 Å². The lowest BCUT2D eigenvalue weighted by Gasteiger charge is -2.20. The Balaban J connectivity index is 2.12. The number of hydrogen-bond acceptors (Lipinski definition) is 4. The second-order valence-electron chi connectivity index (χ2n) is 6.25. The smallest absolute Gasteiger partial charge is 0.264 e. The van der Waals surface area contributed by atoms with Crippen LogP contribution in [0.15, 0.2) is 59.5 Å². The van der Waals surface area contributed by atoms with Crippen molar-refractivity contribution < 1.29 is 13.2 Å². The Bertz CT molecular complexity index is 836. The van der Waals surface area contributed by atoms with Gasteiger partial charge in [0, 0.05) is 19.2 Å². The zero-order valence-corrected chi connectivity index (χ0v) is 16.2. The summed E-state index contributed by atoms with van der Waals surface area (Å²) in [7, 11) is 1.77. The molecular weight excluding hydrogens is 350 g/mol. The molecule has 0 saturated carbocycles. The van der Waals surface area contributed by atoms with E-state index >= 15 is 0 Å². The number of nitrogens with one attached hydrogen (secondary N) is 1. The van der Waals surface area contributed by atoms with Gasteiger partial charge in [0.2, 0.25) is 0 Å². The highest BCUT2D eigenvalue weighted by Crippen LogP contribution is 2.22. The number of benzene rings is 2. The number of carbonyl (C=O) groups excluding carboxylic acids is 1. The minimum absolute atomic E-state index is 0.209. The third kappa shape index (κ3) is 5.06. The van der Waals surface area contributed by atoms with Crippen molar-refractivity contribution >= 4 is 21.6 Å². The second-order valence-corrected chi connectivity index (χ2v) is 8.22. The molecule has 140 valence electrons. The van der Waals surface area contributed by atoms with Crippen LogP contribution in [0, 0.1) is 0 Å². The number of nitrogens with zero attached hydrogens (tertiary/aromatic N) is 2. The number of anilines is 1. The molecule has 1 N–H and O–H groups in total. The number of amides is 1. The van der Waals surface area contributed by atoms with Crippen molar-refractivity contribution in [2.75, 3.05) is 38.5 Å². The topological polar surface area (TPSA) is 69.7 Å². The van der Waals surface area contributed by atoms with Crippen molar-refractivity contribution in [2.24, 2.45) is 0 Å². The van der Waals surface area contributed by atoms with E-state index in [-0.39, 0.29) is 10.8 Å². The maximum atomic E-state index is 12.7. The number of carbonyl (C=O) groups is 1. The first-order valence-electron chi connectivity index (χ1n) is 8.39. The fourth-order valence-electron chi connectivity index (χ4n) is 2.43. The average molecular weight is 375 g/mol. The lowest BCUT2D eigenvalue weighted by atomic mass is 10.2. The maximum absolute atomic E-state index is 12.7. The van der Waals surface area contributed by atoms with Gasteiger partial charge in [-0.05, 0) is 57.4 Å². The first-order chi connectivity index (χ1) is 12.3. The highest BCUT2D eigenvalue weighted by atomic mass is 32.2. The summed E-state index contributed by atoms with van der Waals surface area (Å²) in [6, 6.07) is 14.8. The van der Waals surface area contributed by atoms with Gasteiger partial charge in [0.15, 0.2) is 0 Å². The molecule has 2 rings (SSSR count). The standard InChI is InChI=1S/C19H25N3O3S/c1-21(2)14-8-13-20-19(23)16-9-7-10-17(15-16)22(3)26(24,25)18-11-5-4-6-12-18/h4-7,9-12,15H,8,13-14H2,1-3H3,(H,20,23). The van der Waals surface area contributed by atoms with E-state index in [1.807, 2.05) is 14.1 Å². The predicted octanol–water partition coefficient (Wildman–Crippen LogP) is 2.19. The Morgan fingerprint density at radius 2 is 1.69 bits per heavy atom. The Morgan fingerprint density at radius 1 is 1.00 bits per heavy atom. The molecule has 0 unspecified atom stereocenters. The van der Waals surface area contributed by atoms with Gasteiger partial charge in [0.25, 0.3) is 15.9 Å². The van der Waals surface area contributed by atoms with Gasteiger partial charge >= 0.3 is 0 Å². The summed E-state index contributed by atoms with van der Waals surface area (Å²) < 4.78 is 26.6. The van der Waals surface area contributed by atoms with Crippen LogP contribution in [0.2, 0.25) is 0 Å². The molecular formula is C19H25N3O3S. The van der Waals surface area contributed by atoms with E-state index in [1.54, 1.807) is 54.6 Å². The van der Waals surface area contributed by atoms with Crippen molar-refractivity contribution in [3.05, 3.63) is 60.2 Å². The van der Waals surface area contributed by atoms with E-state index in [2.05, 4.69) is 10.2 Å². The fourth-order valence-corrected chi connectivity index (χ4v) is 3.64. The molecule has 0 radical (unpaired) electrons. The summed E-state index contributed by atoms with van der Waals surface area (Å²) in [5.74, 6) is -0.212. The molecule has 0 aliphatic carbocycles. The lowest BCUT2D eigenvalue weighted by molar-refractivity contribution is 0.0952. The molecule has 26 heavy (non-hydrogen) atoms.